The number of benzene rings is 2. The highest BCUT2D eigenvalue weighted by Gasteiger charge is 2.16. The predicted octanol–water partition coefficient (Wildman–Crippen LogP) is 4.69. The molecule has 3 aromatic rings. The number of amides is 1. The van der Waals surface area contributed by atoms with Crippen molar-refractivity contribution in [2.45, 2.75) is 0 Å². The van der Waals surface area contributed by atoms with E-state index < -0.39 is 10.8 Å². The highest BCUT2D eigenvalue weighted by Crippen LogP contribution is 2.37. The van der Waals surface area contributed by atoms with Gasteiger partial charge in [-0.3, -0.25) is 19.9 Å². The third-order valence-corrected chi connectivity index (χ3v) is 5.01. The van der Waals surface area contributed by atoms with Gasteiger partial charge in [-0.2, -0.15) is 0 Å². The Morgan fingerprint density at radius 3 is 2.75 bits per heavy atom. The number of carbonyl (C=O) groups excluding carboxylic acids is 1. The zero-order valence-electron chi connectivity index (χ0n) is 14.4. The van der Waals surface area contributed by atoms with Gasteiger partial charge in [-0.1, -0.05) is 22.0 Å². The summed E-state index contributed by atoms with van der Waals surface area (Å²) in [6.45, 7) is -0.286. The molecule has 0 radical (unpaired) electrons. The lowest BCUT2D eigenvalue weighted by atomic mass is 10.2. The van der Waals surface area contributed by atoms with Gasteiger partial charge in [0.25, 0.3) is 11.6 Å². The molecule has 1 amide bonds. The summed E-state index contributed by atoms with van der Waals surface area (Å²) in [5.41, 5.74) is 0.770. The molecule has 0 atom stereocenters. The lowest BCUT2D eigenvalue weighted by Crippen LogP contribution is -2.20. The zero-order valence-corrected chi connectivity index (χ0v) is 17.6. The van der Waals surface area contributed by atoms with Crippen molar-refractivity contribution in [3.05, 3.63) is 61.7 Å². The molecule has 1 heterocycles. The number of methoxy groups -OCH3 is 1. The number of nitrogens with zero attached hydrogens (tertiary/aromatic N) is 2. The van der Waals surface area contributed by atoms with E-state index >= 15 is 0 Å². The van der Waals surface area contributed by atoms with Crippen LogP contribution in [0.4, 0.5) is 11.4 Å². The fraction of sp³-hybridized carbons (Fsp3) is 0.111. The third kappa shape index (κ3) is 4.23. The van der Waals surface area contributed by atoms with Gasteiger partial charge in [0, 0.05) is 22.1 Å². The van der Waals surface area contributed by atoms with E-state index in [1.54, 1.807) is 12.3 Å². The lowest BCUT2D eigenvalue weighted by Gasteiger charge is -2.13. The Bertz CT molecular complexity index is 1070. The maximum absolute atomic E-state index is 12.3. The normalized spacial score (nSPS) is 10.5. The molecule has 0 aliphatic carbocycles. The van der Waals surface area contributed by atoms with E-state index in [0.717, 1.165) is 9.86 Å². The van der Waals surface area contributed by atoms with Crippen molar-refractivity contribution in [2.24, 2.45) is 0 Å². The van der Waals surface area contributed by atoms with Crippen LogP contribution in [0.2, 0.25) is 0 Å². The van der Waals surface area contributed by atoms with E-state index in [1.165, 1.54) is 25.3 Å². The van der Waals surface area contributed by atoms with E-state index in [2.05, 4.69) is 42.2 Å². The molecule has 1 aromatic heterocycles. The maximum Gasteiger partial charge on any atom is 0.273 e. The first kappa shape index (κ1) is 20.0. The third-order valence-electron chi connectivity index (χ3n) is 3.77. The number of hydrogen-bond acceptors (Lipinski definition) is 6. The maximum atomic E-state index is 12.3. The molecule has 0 unspecified atom stereocenters. The van der Waals surface area contributed by atoms with Gasteiger partial charge in [-0.05, 0) is 34.1 Å². The Hall–Kier alpha value is -2.72. The van der Waals surface area contributed by atoms with Crippen LogP contribution in [0.1, 0.15) is 0 Å². The number of carbonyl (C=O) groups is 1. The van der Waals surface area contributed by atoms with Gasteiger partial charge in [-0.15, -0.1) is 0 Å². The summed E-state index contributed by atoms with van der Waals surface area (Å²) in [4.78, 5) is 26.9. The summed E-state index contributed by atoms with van der Waals surface area (Å²) in [6.07, 6.45) is 1.63. The molecule has 0 saturated carbocycles. The van der Waals surface area contributed by atoms with E-state index in [4.69, 9.17) is 9.47 Å². The monoisotopic (exact) mass is 509 g/mol. The molecule has 0 aliphatic heterocycles. The number of nitro benzene ring substituents is 1. The number of nitrogens with one attached hydrogen (secondary N) is 1. The van der Waals surface area contributed by atoms with Crippen LogP contribution in [0.25, 0.3) is 10.9 Å². The molecule has 0 aliphatic rings. The van der Waals surface area contributed by atoms with Crippen LogP contribution < -0.4 is 14.8 Å². The van der Waals surface area contributed by atoms with Crippen molar-refractivity contribution in [2.75, 3.05) is 19.0 Å². The van der Waals surface area contributed by atoms with Gasteiger partial charge in [0.15, 0.2) is 12.4 Å². The Morgan fingerprint density at radius 2 is 2.04 bits per heavy atom. The molecule has 0 fully saturated rings. The number of fused-ring (bicyclic) bond motifs is 1. The van der Waals surface area contributed by atoms with Crippen molar-refractivity contribution >= 4 is 60.0 Å². The first-order chi connectivity index (χ1) is 13.4. The van der Waals surface area contributed by atoms with Crippen molar-refractivity contribution in [1.29, 1.82) is 0 Å². The summed E-state index contributed by atoms with van der Waals surface area (Å²) in [5.74, 6) is 0.162. The number of hydrogen-bond donors (Lipinski definition) is 1. The van der Waals surface area contributed by atoms with Gasteiger partial charge < -0.3 is 14.8 Å². The number of nitro groups is 1. The van der Waals surface area contributed by atoms with Gasteiger partial charge in [0.1, 0.15) is 11.3 Å². The zero-order chi connectivity index (χ0) is 20.3. The van der Waals surface area contributed by atoms with Crippen LogP contribution in [0, 0.1) is 10.1 Å². The number of anilines is 1. The Kier molecular flexibility index (Phi) is 6.10. The number of rotatable bonds is 6. The Morgan fingerprint density at radius 1 is 1.25 bits per heavy atom. The molecule has 1 N–H and O–H groups in total. The van der Waals surface area contributed by atoms with E-state index in [1.807, 2.05) is 12.1 Å². The SMILES string of the molecule is COc1cc([N+](=O)[O-])ccc1NC(=O)COc1c(Br)cc(Br)c2cccnc12. The average Bonchev–Trinajstić information content (AvgIpc) is 2.68. The molecular formula is C18H13Br2N3O5. The smallest absolute Gasteiger partial charge is 0.273 e. The van der Waals surface area contributed by atoms with Gasteiger partial charge in [0.2, 0.25) is 0 Å². The predicted molar refractivity (Wildman–Crippen MR) is 111 cm³/mol. The van der Waals surface area contributed by atoms with Crippen LogP contribution in [-0.2, 0) is 4.79 Å². The number of halogens is 2. The molecule has 0 saturated heterocycles. The largest absolute Gasteiger partial charge is 0.494 e. The fourth-order valence-electron chi connectivity index (χ4n) is 2.50. The standard InChI is InChI=1S/C18H13Br2N3O5/c1-27-15-7-10(23(25)26)4-5-14(15)22-16(24)9-28-18-13(20)8-12(19)11-3-2-6-21-17(11)18/h2-8H,9H2,1H3,(H,22,24). The van der Waals surface area contributed by atoms with Gasteiger partial charge in [0.05, 0.1) is 28.3 Å². The molecule has 0 spiro atoms. The van der Waals surface area contributed by atoms with E-state index in [9.17, 15) is 14.9 Å². The number of non-ortho nitro benzene ring substituents is 1. The summed E-state index contributed by atoms with van der Waals surface area (Å²) in [7, 11) is 1.36. The molecule has 144 valence electrons. The van der Waals surface area contributed by atoms with Crippen LogP contribution >= 0.6 is 31.9 Å². The minimum Gasteiger partial charge on any atom is -0.494 e. The molecule has 10 heteroatoms. The number of ether oxygens (including phenoxy) is 2. The van der Waals surface area contributed by atoms with E-state index in [-0.39, 0.29) is 18.0 Å². The molecule has 8 nitrogen and oxygen atoms in total. The number of aromatic nitrogens is 1. The summed E-state index contributed by atoms with van der Waals surface area (Å²) < 4.78 is 12.3. The van der Waals surface area contributed by atoms with Crippen LogP contribution in [0.5, 0.6) is 11.5 Å². The molecule has 3 rings (SSSR count). The summed E-state index contributed by atoms with van der Waals surface area (Å²) in [5, 5.41) is 14.3. The average molecular weight is 511 g/mol. The van der Waals surface area contributed by atoms with E-state index in [0.29, 0.717) is 21.4 Å². The fourth-order valence-corrected chi connectivity index (χ4v) is 3.89. The minimum atomic E-state index is -0.541. The van der Waals surface area contributed by atoms with Crippen molar-refractivity contribution in [3.8, 4) is 11.5 Å². The first-order valence-electron chi connectivity index (χ1n) is 7.88. The minimum absolute atomic E-state index is 0.137. The molecule has 2 aromatic carbocycles. The van der Waals surface area contributed by atoms with Crippen molar-refractivity contribution in [3.63, 3.8) is 0 Å². The second-order valence-electron chi connectivity index (χ2n) is 5.55. The molecular weight excluding hydrogens is 498 g/mol. The van der Waals surface area contributed by atoms with Gasteiger partial charge in [-0.25, -0.2) is 0 Å². The number of pyridine rings is 1. The molecule has 0 bridgehead atoms. The first-order valence-corrected chi connectivity index (χ1v) is 9.47. The second-order valence-corrected chi connectivity index (χ2v) is 7.26. The Labute approximate surface area is 176 Å². The highest BCUT2D eigenvalue weighted by molar-refractivity contribution is 9.11. The van der Waals surface area contributed by atoms with Crippen LogP contribution in [0.15, 0.2) is 51.5 Å². The van der Waals surface area contributed by atoms with Gasteiger partial charge >= 0.3 is 0 Å². The van der Waals surface area contributed by atoms with Crippen molar-refractivity contribution in [1.82, 2.24) is 4.98 Å². The topological polar surface area (TPSA) is 104 Å². The van der Waals surface area contributed by atoms with Crippen LogP contribution in [0.3, 0.4) is 0 Å². The Balaban J connectivity index is 1.77. The second kappa shape index (κ2) is 8.53. The summed E-state index contributed by atoms with van der Waals surface area (Å²) in [6, 6.07) is 9.42. The quantitative estimate of drug-likeness (QED) is 0.381. The van der Waals surface area contributed by atoms with Crippen molar-refractivity contribution < 1.29 is 19.2 Å². The van der Waals surface area contributed by atoms with Crippen LogP contribution in [-0.4, -0.2) is 29.5 Å². The summed E-state index contributed by atoms with van der Waals surface area (Å²) >= 11 is 6.89. The molecule has 28 heavy (non-hydrogen) atoms. The lowest BCUT2D eigenvalue weighted by molar-refractivity contribution is -0.384. The highest BCUT2D eigenvalue weighted by atomic mass is 79.9.